The number of halogens is 1. The van der Waals surface area contributed by atoms with E-state index in [0.29, 0.717) is 36.9 Å². The van der Waals surface area contributed by atoms with E-state index in [2.05, 4.69) is 8.75 Å². The van der Waals surface area contributed by atoms with E-state index < -0.39 is 5.60 Å². The van der Waals surface area contributed by atoms with E-state index in [4.69, 9.17) is 16.7 Å². The third-order valence-electron chi connectivity index (χ3n) is 2.72. The van der Waals surface area contributed by atoms with Crippen molar-refractivity contribution in [1.82, 2.24) is 8.75 Å². The Labute approximate surface area is 96.6 Å². The van der Waals surface area contributed by atoms with E-state index in [1.165, 1.54) is 0 Å². The smallest absolute Gasteiger partial charge is 0.187 e. The molecule has 0 amide bonds. The Morgan fingerprint density at radius 2 is 2.07 bits per heavy atom. The number of hydrogen-bond donors (Lipinski definition) is 2. The summed E-state index contributed by atoms with van der Waals surface area (Å²) in [6.07, 6.45) is 1.05. The monoisotopic (exact) mass is 249 g/mol. The molecule has 2 N–H and O–H groups in total. The summed E-state index contributed by atoms with van der Waals surface area (Å²) in [5.74, 6) is 0.682. The lowest BCUT2D eigenvalue weighted by Crippen LogP contribution is -2.46. The molecule has 1 saturated heterocycles. The Hall–Kier alpha value is -0.430. The van der Waals surface area contributed by atoms with Gasteiger partial charge in [0.05, 0.1) is 23.9 Å². The van der Waals surface area contributed by atoms with Gasteiger partial charge >= 0.3 is 0 Å². The zero-order valence-corrected chi connectivity index (χ0v) is 9.63. The Bertz CT molecular complexity index is 338. The van der Waals surface area contributed by atoms with Crippen molar-refractivity contribution < 1.29 is 10.2 Å². The molecule has 1 aromatic rings. The van der Waals surface area contributed by atoms with E-state index in [1.54, 1.807) is 0 Å². The molecule has 1 fully saturated rings. The Morgan fingerprint density at radius 3 is 2.53 bits per heavy atom. The zero-order valence-electron chi connectivity index (χ0n) is 8.06. The Balaban J connectivity index is 2.03. The normalized spacial score (nSPS) is 20.6. The first-order valence-electron chi connectivity index (χ1n) is 4.71. The van der Waals surface area contributed by atoms with E-state index in [-0.39, 0.29) is 6.61 Å². The summed E-state index contributed by atoms with van der Waals surface area (Å²) in [5, 5.41) is 19.2. The summed E-state index contributed by atoms with van der Waals surface area (Å²) in [6.45, 7) is 1.09. The highest BCUT2D eigenvalue weighted by molar-refractivity contribution is 6.99. The largest absolute Gasteiger partial charge is 0.393 e. The number of aromatic nitrogens is 2. The lowest BCUT2D eigenvalue weighted by atomic mass is 9.92. The van der Waals surface area contributed by atoms with Gasteiger partial charge in [-0.3, -0.25) is 0 Å². The second-order valence-electron chi connectivity index (χ2n) is 3.75. The lowest BCUT2D eigenvalue weighted by Gasteiger charge is -2.36. The van der Waals surface area contributed by atoms with Crippen LogP contribution in [0.1, 0.15) is 12.8 Å². The molecule has 0 atom stereocenters. The molecule has 0 radical (unpaired) electrons. The number of aliphatic hydroxyl groups is 2. The highest BCUT2D eigenvalue weighted by Crippen LogP contribution is 2.29. The van der Waals surface area contributed by atoms with Crippen LogP contribution in [0.2, 0.25) is 5.15 Å². The summed E-state index contributed by atoms with van der Waals surface area (Å²) in [4.78, 5) is 1.98. The summed E-state index contributed by atoms with van der Waals surface area (Å²) in [7, 11) is 0. The maximum absolute atomic E-state index is 9.82. The van der Waals surface area contributed by atoms with Crippen LogP contribution >= 0.6 is 23.3 Å². The molecule has 0 aliphatic carbocycles. The SMILES string of the molecule is OCC1(O)CCN(c2nsnc2Cl)CC1. The molecule has 7 heteroatoms. The first kappa shape index (κ1) is 11.1. The average Bonchev–Trinajstić information content (AvgIpc) is 2.66. The van der Waals surface area contributed by atoms with Gasteiger partial charge in [-0.2, -0.15) is 8.75 Å². The number of aliphatic hydroxyl groups excluding tert-OH is 1. The van der Waals surface area contributed by atoms with Crippen LogP contribution in [0.4, 0.5) is 5.82 Å². The zero-order chi connectivity index (χ0) is 10.9. The van der Waals surface area contributed by atoms with E-state index >= 15 is 0 Å². The van der Waals surface area contributed by atoms with Crippen molar-refractivity contribution in [2.45, 2.75) is 18.4 Å². The van der Waals surface area contributed by atoms with Crippen LogP contribution in [0.15, 0.2) is 0 Å². The molecule has 2 rings (SSSR count). The maximum Gasteiger partial charge on any atom is 0.187 e. The number of nitrogens with zero attached hydrogens (tertiary/aromatic N) is 3. The van der Waals surface area contributed by atoms with Gasteiger partial charge in [-0.05, 0) is 12.8 Å². The van der Waals surface area contributed by atoms with Crippen LogP contribution in [-0.2, 0) is 0 Å². The fraction of sp³-hybridized carbons (Fsp3) is 0.750. The summed E-state index contributed by atoms with van der Waals surface area (Å²) in [5.41, 5.74) is -0.938. The predicted octanol–water partition coefficient (Wildman–Crippen LogP) is 0.515. The van der Waals surface area contributed by atoms with Gasteiger partial charge in [0.25, 0.3) is 0 Å². The molecular weight excluding hydrogens is 238 g/mol. The minimum Gasteiger partial charge on any atom is -0.393 e. The first-order chi connectivity index (χ1) is 7.14. The second-order valence-corrected chi connectivity index (χ2v) is 4.63. The third kappa shape index (κ3) is 2.23. The molecule has 15 heavy (non-hydrogen) atoms. The number of piperidine rings is 1. The van der Waals surface area contributed by atoms with Crippen LogP contribution < -0.4 is 4.90 Å². The molecule has 1 aliphatic rings. The van der Waals surface area contributed by atoms with Crippen LogP contribution in [0.25, 0.3) is 0 Å². The van der Waals surface area contributed by atoms with Crippen LogP contribution in [0.5, 0.6) is 0 Å². The van der Waals surface area contributed by atoms with Gasteiger partial charge in [0.15, 0.2) is 11.0 Å². The second kappa shape index (κ2) is 4.21. The summed E-state index contributed by atoms with van der Waals surface area (Å²) in [6, 6.07) is 0. The number of rotatable bonds is 2. The topological polar surface area (TPSA) is 69.5 Å². The van der Waals surface area contributed by atoms with Crippen LogP contribution in [-0.4, -0.2) is 44.3 Å². The van der Waals surface area contributed by atoms with Gasteiger partial charge in [-0.15, -0.1) is 0 Å². The predicted molar refractivity (Wildman–Crippen MR) is 58.4 cm³/mol. The highest BCUT2D eigenvalue weighted by Gasteiger charge is 2.32. The Morgan fingerprint density at radius 1 is 1.40 bits per heavy atom. The third-order valence-corrected chi connectivity index (χ3v) is 3.59. The molecule has 1 aliphatic heterocycles. The molecule has 1 aromatic heterocycles. The number of hydrogen-bond acceptors (Lipinski definition) is 6. The van der Waals surface area contributed by atoms with Gasteiger partial charge in [-0.1, -0.05) is 11.6 Å². The lowest BCUT2D eigenvalue weighted by molar-refractivity contribution is -0.0326. The van der Waals surface area contributed by atoms with Gasteiger partial charge in [0, 0.05) is 13.1 Å². The minimum atomic E-state index is -0.938. The van der Waals surface area contributed by atoms with Crippen LogP contribution in [0.3, 0.4) is 0 Å². The Kier molecular flexibility index (Phi) is 3.11. The molecule has 5 nitrogen and oxygen atoms in total. The highest BCUT2D eigenvalue weighted by atomic mass is 35.5. The molecule has 2 heterocycles. The molecule has 84 valence electrons. The van der Waals surface area contributed by atoms with Crippen molar-refractivity contribution in [1.29, 1.82) is 0 Å². The fourth-order valence-electron chi connectivity index (χ4n) is 1.65. The molecule has 0 spiro atoms. The molecule has 0 bridgehead atoms. The first-order valence-corrected chi connectivity index (χ1v) is 5.82. The van der Waals surface area contributed by atoms with E-state index in [9.17, 15) is 5.11 Å². The molecular formula is C8H12ClN3O2S. The standard InChI is InChI=1S/C8H12ClN3O2S/c9-6-7(11-15-10-6)12-3-1-8(14,5-13)2-4-12/h13-14H,1-5H2. The summed E-state index contributed by atoms with van der Waals surface area (Å²) < 4.78 is 7.98. The van der Waals surface area contributed by atoms with E-state index in [0.717, 1.165) is 11.7 Å². The van der Waals surface area contributed by atoms with Crippen molar-refractivity contribution in [3.63, 3.8) is 0 Å². The van der Waals surface area contributed by atoms with Crippen molar-refractivity contribution in [2.75, 3.05) is 24.6 Å². The number of anilines is 1. The van der Waals surface area contributed by atoms with Gasteiger partial charge in [-0.25, -0.2) is 0 Å². The minimum absolute atomic E-state index is 0.191. The fourth-order valence-corrected chi connectivity index (χ4v) is 2.43. The van der Waals surface area contributed by atoms with Gasteiger partial charge < -0.3 is 15.1 Å². The molecule has 0 saturated carbocycles. The van der Waals surface area contributed by atoms with Crippen molar-refractivity contribution in [3.05, 3.63) is 5.15 Å². The molecule has 0 aromatic carbocycles. The quantitative estimate of drug-likeness (QED) is 0.800. The van der Waals surface area contributed by atoms with Gasteiger partial charge in [0.2, 0.25) is 0 Å². The maximum atomic E-state index is 9.82. The summed E-state index contributed by atoms with van der Waals surface area (Å²) >= 11 is 6.94. The van der Waals surface area contributed by atoms with Crippen molar-refractivity contribution >= 4 is 29.1 Å². The van der Waals surface area contributed by atoms with Crippen molar-refractivity contribution in [3.8, 4) is 0 Å². The average molecular weight is 250 g/mol. The molecule has 0 unspecified atom stereocenters. The van der Waals surface area contributed by atoms with Crippen molar-refractivity contribution in [2.24, 2.45) is 0 Å². The van der Waals surface area contributed by atoms with Crippen LogP contribution in [0, 0.1) is 0 Å². The van der Waals surface area contributed by atoms with Gasteiger partial charge in [0.1, 0.15) is 0 Å². The van der Waals surface area contributed by atoms with E-state index in [1.807, 2.05) is 4.90 Å².